The van der Waals surface area contributed by atoms with Crippen LogP contribution >= 0.6 is 0 Å². The number of aromatic nitrogens is 2. The molecule has 1 amide bonds. The summed E-state index contributed by atoms with van der Waals surface area (Å²) in [6, 6.07) is 2.28. The lowest BCUT2D eigenvalue weighted by atomic mass is 9.92. The predicted molar refractivity (Wildman–Crippen MR) is 78.2 cm³/mol. The van der Waals surface area contributed by atoms with Crippen molar-refractivity contribution in [2.75, 3.05) is 11.4 Å². The lowest BCUT2D eigenvalue weighted by molar-refractivity contribution is -0.122. The lowest BCUT2D eigenvalue weighted by Gasteiger charge is -2.38. The number of halogens is 2. The van der Waals surface area contributed by atoms with Gasteiger partial charge in [0, 0.05) is 24.0 Å². The molecule has 1 aliphatic heterocycles. The molecule has 3 rings (SSSR count). The van der Waals surface area contributed by atoms with Crippen molar-refractivity contribution in [3.05, 3.63) is 30.1 Å². The van der Waals surface area contributed by atoms with Crippen LogP contribution in [0.2, 0.25) is 0 Å². The van der Waals surface area contributed by atoms with Gasteiger partial charge in [-0.2, -0.15) is 0 Å². The van der Waals surface area contributed by atoms with Crippen molar-refractivity contribution in [3.63, 3.8) is 0 Å². The molecule has 0 saturated carbocycles. The summed E-state index contributed by atoms with van der Waals surface area (Å²) in [7, 11) is 0. The molecule has 0 radical (unpaired) electrons. The summed E-state index contributed by atoms with van der Waals surface area (Å²) in [5, 5.41) is 0.429. The molecule has 1 aromatic heterocycles. The highest BCUT2D eigenvalue weighted by molar-refractivity contribution is 5.90. The molecule has 0 unspecified atom stereocenters. The number of benzene rings is 1. The molecule has 22 heavy (non-hydrogen) atoms. The summed E-state index contributed by atoms with van der Waals surface area (Å²) in [5.41, 5.74) is 5.73. The minimum atomic E-state index is -0.946. The second-order valence-corrected chi connectivity index (χ2v) is 5.66. The summed E-state index contributed by atoms with van der Waals surface area (Å²) < 4.78 is 26.9. The number of piperidine rings is 1. The van der Waals surface area contributed by atoms with Crippen molar-refractivity contribution in [2.24, 2.45) is 11.7 Å². The highest BCUT2D eigenvalue weighted by atomic mass is 19.2. The van der Waals surface area contributed by atoms with Crippen molar-refractivity contribution in [2.45, 2.75) is 25.8 Å². The van der Waals surface area contributed by atoms with E-state index < -0.39 is 11.6 Å². The Morgan fingerprint density at radius 2 is 2.00 bits per heavy atom. The van der Waals surface area contributed by atoms with Gasteiger partial charge in [0.25, 0.3) is 0 Å². The Kier molecular flexibility index (Phi) is 3.64. The van der Waals surface area contributed by atoms with Gasteiger partial charge in [0.05, 0.1) is 11.4 Å². The van der Waals surface area contributed by atoms with Gasteiger partial charge in [-0.25, -0.2) is 18.7 Å². The first kappa shape index (κ1) is 14.6. The van der Waals surface area contributed by atoms with Gasteiger partial charge in [-0.15, -0.1) is 0 Å². The zero-order chi connectivity index (χ0) is 15.9. The summed E-state index contributed by atoms with van der Waals surface area (Å²) in [6.07, 6.45) is 2.82. The lowest BCUT2D eigenvalue weighted by Crippen LogP contribution is -2.46. The summed E-state index contributed by atoms with van der Waals surface area (Å²) in [5.74, 6) is -2.01. The van der Waals surface area contributed by atoms with Crippen LogP contribution in [0.5, 0.6) is 0 Å². The molecule has 2 N–H and O–H groups in total. The zero-order valence-corrected chi connectivity index (χ0v) is 12.1. The van der Waals surface area contributed by atoms with Crippen molar-refractivity contribution in [1.82, 2.24) is 9.97 Å². The van der Waals surface area contributed by atoms with Crippen LogP contribution < -0.4 is 10.6 Å². The molecule has 2 heterocycles. The van der Waals surface area contributed by atoms with Crippen molar-refractivity contribution < 1.29 is 13.6 Å². The Hall–Kier alpha value is -2.31. The maximum atomic E-state index is 13.6. The molecule has 0 bridgehead atoms. The monoisotopic (exact) mass is 306 g/mol. The average molecular weight is 306 g/mol. The molecular weight excluding hydrogens is 290 g/mol. The Morgan fingerprint density at radius 1 is 1.27 bits per heavy atom. The van der Waals surface area contributed by atoms with E-state index in [2.05, 4.69) is 9.97 Å². The third-order valence-electron chi connectivity index (χ3n) is 4.21. The van der Waals surface area contributed by atoms with Crippen LogP contribution in [0, 0.1) is 17.6 Å². The molecule has 1 saturated heterocycles. The fraction of sp³-hybridized carbons (Fsp3) is 0.400. The van der Waals surface area contributed by atoms with Crippen LogP contribution in [-0.2, 0) is 4.79 Å². The van der Waals surface area contributed by atoms with E-state index in [-0.39, 0.29) is 17.9 Å². The minimum absolute atomic E-state index is 0.127. The number of primary amides is 1. The van der Waals surface area contributed by atoms with E-state index in [4.69, 9.17) is 5.73 Å². The van der Waals surface area contributed by atoms with E-state index in [0.717, 1.165) is 25.0 Å². The fourth-order valence-electron chi connectivity index (χ4n) is 2.90. The summed E-state index contributed by atoms with van der Waals surface area (Å²) in [6.45, 7) is 2.42. The molecule has 1 aromatic carbocycles. The maximum Gasteiger partial charge on any atom is 0.222 e. The average Bonchev–Trinajstić information content (AvgIpc) is 2.48. The molecule has 5 nitrogen and oxygen atoms in total. The second-order valence-electron chi connectivity index (χ2n) is 5.66. The van der Waals surface area contributed by atoms with Crippen molar-refractivity contribution in [1.29, 1.82) is 0 Å². The maximum absolute atomic E-state index is 13.6. The molecular formula is C15H16F2N4O. The van der Waals surface area contributed by atoms with E-state index in [9.17, 15) is 13.6 Å². The van der Waals surface area contributed by atoms with Crippen molar-refractivity contribution in [3.8, 4) is 0 Å². The van der Waals surface area contributed by atoms with E-state index >= 15 is 0 Å². The Labute approximate surface area is 126 Å². The topological polar surface area (TPSA) is 72.1 Å². The third kappa shape index (κ3) is 2.47. The molecule has 116 valence electrons. The predicted octanol–water partition coefficient (Wildman–Crippen LogP) is 2.00. The number of amides is 1. The number of hydrogen-bond acceptors (Lipinski definition) is 4. The fourth-order valence-corrected chi connectivity index (χ4v) is 2.90. The highest BCUT2D eigenvalue weighted by Crippen LogP contribution is 2.31. The molecule has 1 aliphatic rings. The van der Waals surface area contributed by atoms with Gasteiger partial charge in [-0.3, -0.25) is 4.79 Å². The van der Waals surface area contributed by atoms with Gasteiger partial charge in [-0.1, -0.05) is 0 Å². The zero-order valence-electron chi connectivity index (χ0n) is 12.1. The third-order valence-corrected chi connectivity index (χ3v) is 4.21. The molecule has 2 atom stereocenters. The van der Waals surface area contributed by atoms with Crippen LogP contribution in [0.1, 0.15) is 19.8 Å². The number of fused-ring (bicyclic) bond motifs is 1. The number of rotatable bonds is 2. The smallest absolute Gasteiger partial charge is 0.222 e. The van der Waals surface area contributed by atoms with Crippen LogP contribution in [0.4, 0.5) is 14.6 Å². The Balaban J connectivity index is 2.08. The molecule has 1 fully saturated rings. The molecule has 0 aliphatic carbocycles. The van der Waals surface area contributed by atoms with E-state index in [1.807, 2.05) is 11.8 Å². The van der Waals surface area contributed by atoms with Gasteiger partial charge in [-0.05, 0) is 25.8 Å². The second kappa shape index (κ2) is 5.47. The number of nitrogens with zero attached hydrogens (tertiary/aromatic N) is 3. The van der Waals surface area contributed by atoms with Crippen LogP contribution in [0.15, 0.2) is 18.5 Å². The number of nitrogens with two attached hydrogens (primary N) is 1. The number of anilines is 1. The number of hydrogen-bond donors (Lipinski definition) is 1. The molecule has 0 spiro atoms. The van der Waals surface area contributed by atoms with Crippen LogP contribution in [0.25, 0.3) is 10.9 Å². The number of carbonyl (C=O) groups excluding carboxylic acids is 1. The first-order valence-electron chi connectivity index (χ1n) is 7.13. The summed E-state index contributed by atoms with van der Waals surface area (Å²) >= 11 is 0. The molecule has 2 aromatic rings. The first-order valence-corrected chi connectivity index (χ1v) is 7.13. The standard InChI is InChI=1S/C15H16F2N4O/c1-8-2-3-9(14(18)22)6-21(8)15-10-4-11(16)12(17)5-13(10)19-7-20-15/h4-5,7-9H,2-3,6H2,1H3,(H2,18,22)/t8-,9+/m1/s1. The first-order chi connectivity index (χ1) is 10.5. The van der Waals surface area contributed by atoms with Gasteiger partial charge in [0.1, 0.15) is 12.1 Å². The summed E-state index contributed by atoms with van der Waals surface area (Å²) in [4.78, 5) is 21.6. The minimum Gasteiger partial charge on any atom is -0.369 e. The quantitative estimate of drug-likeness (QED) is 0.921. The largest absolute Gasteiger partial charge is 0.369 e. The normalized spacial score (nSPS) is 22.0. The van der Waals surface area contributed by atoms with Gasteiger partial charge < -0.3 is 10.6 Å². The Morgan fingerprint density at radius 3 is 2.73 bits per heavy atom. The van der Waals surface area contributed by atoms with E-state index in [1.54, 1.807) is 0 Å². The number of carbonyl (C=O) groups is 1. The van der Waals surface area contributed by atoms with Crippen LogP contribution in [0.3, 0.4) is 0 Å². The van der Waals surface area contributed by atoms with Gasteiger partial charge >= 0.3 is 0 Å². The van der Waals surface area contributed by atoms with Gasteiger partial charge in [0.2, 0.25) is 5.91 Å². The Bertz CT molecular complexity index is 737. The van der Waals surface area contributed by atoms with E-state index in [1.165, 1.54) is 6.33 Å². The molecule has 7 heteroatoms. The van der Waals surface area contributed by atoms with E-state index in [0.29, 0.717) is 23.3 Å². The van der Waals surface area contributed by atoms with Crippen LogP contribution in [-0.4, -0.2) is 28.5 Å². The van der Waals surface area contributed by atoms with Gasteiger partial charge in [0.15, 0.2) is 11.6 Å². The highest BCUT2D eigenvalue weighted by Gasteiger charge is 2.30. The van der Waals surface area contributed by atoms with Crippen molar-refractivity contribution >= 4 is 22.6 Å². The SMILES string of the molecule is C[C@@H]1CC[C@H](C(N)=O)CN1c1ncnc2cc(F)c(F)cc12.